The Kier molecular flexibility index (Phi) is 7.19. The first-order valence-electron chi connectivity index (χ1n) is 11.3. The largest absolute Gasteiger partial charge is 0.573 e. The minimum atomic E-state index is -4.88. The lowest BCUT2D eigenvalue weighted by Crippen LogP contribution is -2.28. The lowest BCUT2D eigenvalue weighted by Gasteiger charge is -2.20. The number of amides is 2. The van der Waals surface area contributed by atoms with E-state index in [1.165, 1.54) is 43.7 Å². The van der Waals surface area contributed by atoms with Crippen LogP contribution in [0.4, 0.5) is 19.0 Å². The van der Waals surface area contributed by atoms with E-state index in [-0.39, 0.29) is 22.9 Å². The topological polar surface area (TPSA) is 120 Å². The summed E-state index contributed by atoms with van der Waals surface area (Å²) in [6, 6.07) is 9.63. The van der Waals surface area contributed by atoms with E-state index in [0.29, 0.717) is 28.4 Å². The number of carbonyl (C=O) groups is 2. The molecule has 4 rings (SSSR count). The maximum atomic E-state index is 13.2. The number of benzene rings is 1. The summed E-state index contributed by atoms with van der Waals surface area (Å²) in [5.74, 6) is -0.954. The molecule has 0 aliphatic heterocycles. The monoisotopic (exact) mass is 528 g/mol. The molecule has 1 unspecified atom stereocenters. The highest BCUT2D eigenvalue weighted by Crippen LogP contribution is 2.31. The van der Waals surface area contributed by atoms with Crippen molar-refractivity contribution in [1.82, 2.24) is 24.9 Å². The van der Waals surface area contributed by atoms with Crippen LogP contribution in [0.5, 0.6) is 11.6 Å². The van der Waals surface area contributed by atoms with Gasteiger partial charge in [-0.25, -0.2) is 14.5 Å². The van der Waals surface area contributed by atoms with E-state index >= 15 is 0 Å². The molecule has 10 nitrogen and oxygen atoms in total. The van der Waals surface area contributed by atoms with Crippen LogP contribution < -0.4 is 20.1 Å². The third-order valence-electron chi connectivity index (χ3n) is 5.47. The Labute approximate surface area is 214 Å². The van der Waals surface area contributed by atoms with Crippen molar-refractivity contribution in [2.75, 3.05) is 12.4 Å². The summed E-state index contributed by atoms with van der Waals surface area (Å²) in [5, 5.41) is 9.78. The van der Waals surface area contributed by atoms with Gasteiger partial charge in [0.05, 0.1) is 30.7 Å². The molecule has 13 heteroatoms. The van der Waals surface area contributed by atoms with Gasteiger partial charge < -0.3 is 20.1 Å². The normalized spacial score (nSPS) is 12.2. The van der Waals surface area contributed by atoms with Gasteiger partial charge in [-0.05, 0) is 38.1 Å². The molecule has 1 atom stereocenters. The number of anilines is 1. The Morgan fingerprint density at radius 1 is 1.11 bits per heavy atom. The van der Waals surface area contributed by atoms with Gasteiger partial charge in [0.25, 0.3) is 5.91 Å². The number of carbonyl (C=O) groups excluding carboxylic acids is 2. The first-order chi connectivity index (χ1) is 17.9. The van der Waals surface area contributed by atoms with E-state index in [2.05, 4.69) is 30.4 Å². The van der Waals surface area contributed by atoms with Gasteiger partial charge in [0.2, 0.25) is 11.8 Å². The number of halogens is 3. The highest BCUT2D eigenvalue weighted by atomic mass is 19.4. The van der Waals surface area contributed by atoms with E-state index in [9.17, 15) is 22.8 Å². The number of alkyl halides is 3. The Morgan fingerprint density at radius 2 is 1.84 bits per heavy atom. The van der Waals surface area contributed by atoms with Crippen molar-refractivity contribution in [3.05, 3.63) is 65.5 Å². The van der Waals surface area contributed by atoms with Crippen LogP contribution in [0.3, 0.4) is 0 Å². The van der Waals surface area contributed by atoms with Crippen LogP contribution in [0, 0.1) is 6.92 Å². The number of para-hydroxylation sites is 1. The van der Waals surface area contributed by atoms with Gasteiger partial charge in [-0.2, -0.15) is 5.10 Å². The molecule has 0 saturated heterocycles. The number of nitrogens with one attached hydrogen (secondary N) is 2. The molecule has 38 heavy (non-hydrogen) atoms. The number of fused-ring (bicyclic) bond motifs is 1. The van der Waals surface area contributed by atoms with Crippen LogP contribution in [0.2, 0.25) is 0 Å². The molecule has 0 saturated carbocycles. The van der Waals surface area contributed by atoms with Gasteiger partial charge in [0.15, 0.2) is 11.5 Å². The van der Waals surface area contributed by atoms with Crippen LogP contribution in [-0.2, 0) is 4.79 Å². The van der Waals surface area contributed by atoms with Gasteiger partial charge in [0, 0.05) is 18.1 Å². The summed E-state index contributed by atoms with van der Waals surface area (Å²) in [6.45, 7) is 4.62. The van der Waals surface area contributed by atoms with Crippen LogP contribution >= 0.6 is 0 Å². The number of hydrogen-bond acceptors (Lipinski definition) is 7. The number of nitrogens with zero attached hydrogens (tertiary/aromatic N) is 4. The number of rotatable bonds is 7. The third kappa shape index (κ3) is 5.82. The Bertz CT molecular complexity index is 1520. The van der Waals surface area contributed by atoms with Gasteiger partial charge >= 0.3 is 6.36 Å². The van der Waals surface area contributed by atoms with Gasteiger partial charge in [-0.15, -0.1) is 13.2 Å². The molecule has 4 aromatic rings. The predicted octanol–water partition coefficient (Wildman–Crippen LogP) is 4.46. The zero-order valence-corrected chi connectivity index (χ0v) is 20.8. The Morgan fingerprint density at radius 3 is 2.53 bits per heavy atom. The molecule has 0 bridgehead atoms. The second-order valence-corrected chi connectivity index (χ2v) is 8.29. The van der Waals surface area contributed by atoms with Crippen LogP contribution in [-0.4, -0.2) is 44.9 Å². The molecule has 2 N–H and O–H groups in total. The average molecular weight is 528 g/mol. The molecule has 198 valence electrons. The average Bonchev–Trinajstić information content (AvgIpc) is 3.23. The molecule has 0 aliphatic carbocycles. The van der Waals surface area contributed by atoms with Gasteiger partial charge in [-0.3, -0.25) is 9.59 Å². The number of hydrogen-bond donors (Lipinski definition) is 2. The number of ether oxygens (including phenoxy) is 2. The van der Waals surface area contributed by atoms with Crippen LogP contribution in [0.15, 0.2) is 48.7 Å². The number of pyridine rings is 1. The van der Waals surface area contributed by atoms with Crippen molar-refractivity contribution >= 4 is 23.3 Å². The fraction of sp³-hybridized carbons (Fsp3) is 0.240. The number of methoxy groups -OCH3 is 1. The summed E-state index contributed by atoms with van der Waals surface area (Å²) >= 11 is 0. The quantitative estimate of drug-likeness (QED) is 0.364. The van der Waals surface area contributed by atoms with Crippen molar-refractivity contribution < 1.29 is 32.2 Å². The Balaban J connectivity index is 1.66. The van der Waals surface area contributed by atoms with E-state index < -0.39 is 24.1 Å². The number of imidazole rings is 1. The first kappa shape index (κ1) is 26.4. The molecule has 0 aliphatic rings. The zero-order chi connectivity index (χ0) is 27.6. The molecule has 0 spiro atoms. The van der Waals surface area contributed by atoms with Crippen molar-refractivity contribution in [3.8, 4) is 22.9 Å². The number of aryl methyl sites for hydroxylation is 1. The molecule has 1 aromatic carbocycles. The summed E-state index contributed by atoms with van der Waals surface area (Å²) in [4.78, 5) is 33.2. The molecule has 0 radical (unpaired) electrons. The summed E-state index contributed by atoms with van der Waals surface area (Å²) < 4.78 is 49.4. The van der Waals surface area contributed by atoms with Crippen LogP contribution in [0.25, 0.3) is 16.9 Å². The van der Waals surface area contributed by atoms with Crippen molar-refractivity contribution in [3.63, 3.8) is 0 Å². The fourth-order valence-corrected chi connectivity index (χ4v) is 3.84. The number of aromatic nitrogens is 4. The van der Waals surface area contributed by atoms with E-state index in [0.717, 1.165) is 0 Å². The zero-order valence-electron chi connectivity index (χ0n) is 20.8. The molecule has 3 heterocycles. The standard InChI is InChI=1S/C25H23F3N6O4/c1-13(16-7-5-6-8-20(16)38-25(26,27)28)29-23(36)18-11-17(14(2)30-24(18)37-4)19-9-10-22-32-21(31-15(3)35)12-34(22)33-19/h5-13H,1-4H3,(H,29,36)(H,31,35). The van der Waals surface area contributed by atoms with E-state index in [1.807, 2.05) is 0 Å². The SMILES string of the molecule is COc1nc(C)c(-c2ccc3nc(NC(C)=O)cn3n2)cc1C(=O)NC(C)c1ccccc1OC(F)(F)F. The molecular formula is C25H23F3N6O4. The van der Waals surface area contributed by atoms with Crippen LogP contribution in [0.1, 0.15) is 41.5 Å². The summed E-state index contributed by atoms with van der Waals surface area (Å²) in [5.41, 5.74) is 2.18. The maximum Gasteiger partial charge on any atom is 0.573 e. The smallest absolute Gasteiger partial charge is 0.480 e. The Hall–Kier alpha value is -4.68. The second-order valence-electron chi connectivity index (χ2n) is 8.29. The maximum absolute atomic E-state index is 13.2. The summed E-state index contributed by atoms with van der Waals surface area (Å²) in [7, 11) is 1.35. The minimum absolute atomic E-state index is 0.0347. The van der Waals surface area contributed by atoms with Gasteiger partial charge in [0.1, 0.15) is 11.3 Å². The molecule has 0 fully saturated rings. The minimum Gasteiger partial charge on any atom is -0.480 e. The molecular weight excluding hydrogens is 505 g/mol. The third-order valence-corrected chi connectivity index (χ3v) is 5.47. The highest BCUT2D eigenvalue weighted by Gasteiger charge is 2.33. The predicted molar refractivity (Wildman–Crippen MR) is 131 cm³/mol. The van der Waals surface area contributed by atoms with E-state index in [4.69, 9.17) is 4.74 Å². The lowest BCUT2D eigenvalue weighted by molar-refractivity contribution is -0.275. The van der Waals surface area contributed by atoms with Gasteiger partial charge in [-0.1, -0.05) is 18.2 Å². The van der Waals surface area contributed by atoms with E-state index in [1.54, 1.807) is 37.4 Å². The van der Waals surface area contributed by atoms with Crippen molar-refractivity contribution in [2.45, 2.75) is 33.2 Å². The molecule has 3 aromatic heterocycles. The second kappa shape index (κ2) is 10.4. The first-order valence-corrected chi connectivity index (χ1v) is 11.3. The fourth-order valence-electron chi connectivity index (χ4n) is 3.84. The lowest BCUT2D eigenvalue weighted by atomic mass is 10.0. The highest BCUT2D eigenvalue weighted by molar-refractivity contribution is 5.98. The van der Waals surface area contributed by atoms with Crippen molar-refractivity contribution in [2.24, 2.45) is 0 Å². The molecule has 2 amide bonds. The van der Waals surface area contributed by atoms with Crippen molar-refractivity contribution in [1.29, 1.82) is 0 Å². The summed E-state index contributed by atoms with van der Waals surface area (Å²) in [6.07, 6.45) is -3.34.